The number of rotatable bonds is 4. The Balaban J connectivity index is 1.38. The molecule has 162 valence electrons. The van der Waals surface area contributed by atoms with Crippen molar-refractivity contribution >= 4 is 43.2 Å². The lowest BCUT2D eigenvalue weighted by Crippen LogP contribution is -2.50. The van der Waals surface area contributed by atoms with Gasteiger partial charge in [0.15, 0.2) is 0 Å². The Bertz CT molecular complexity index is 1200. The number of hydrogen-bond donors (Lipinski definition) is 0. The number of thiophene rings is 1. The molecule has 0 atom stereocenters. The van der Waals surface area contributed by atoms with Crippen LogP contribution in [0.3, 0.4) is 0 Å². The first-order valence-electron chi connectivity index (χ1n) is 10.1. The van der Waals surface area contributed by atoms with Gasteiger partial charge in [-0.15, -0.1) is 11.3 Å². The van der Waals surface area contributed by atoms with Crippen LogP contribution in [0, 0.1) is 0 Å². The van der Waals surface area contributed by atoms with Crippen LogP contribution >= 0.6 is 11.3 Å². The van der Waals surface area contributed by atoms with Gasteiger partial charge in [0.1, 0.15) is 16.6 Å². The Morgan fingerprint density at radius 2 is 1.87 bits per heavy atom. The van der Waals surface area contributed by atoms with E-state index in [-0.39, 0.29) is 12.6 Å². The van der Waals surface area contributed by atoms with E-state index in [4.69, 9.17) is 9.47 Å². The summed E-state index contributed by atoms with van der Waals surface area (Å²) in [5.74, 6) is 0.620. The van der Waals surface area contributed by atoms with E-state index in [9.17, 15) is 13.2 Å². The minimum absolute atomic E-state index is 0.156. The first-order valence-corrected chi connectivity index (χ1v) is 12.4. The summed E-state index contributed by atoms with van der Waals surface area (Å²) in [6.45, 7) is 0.895. The van der Waals surface area contributed by atoms with Crippen LogP contribution in [0.1, 0.15) is 18.4 Å². The molecule has 0 spiro atoms. The molecule has 2 aliphatic rings. The average Bonchev–Trinajstić information content (AvgIpc) is 3.24. The van der Waals surface area contributed by atoms with E-state index in [1.165, 1.54) is 15.6 Å². The fourth-order valence-corrected chi connectivity index (χ4v) is 7.33. The van der Waals surface area contributed by atoms with Crippen molar-refractivity contribution in [2.45, 2.75) is 29.7 Å². The maximum Gasteiger partial charge on any atom is 0.415 e. The lowest BCUT2D eigenvalue weighted by atomic mass is 10.0. The highest BCUT2D eigenvalue weighted by Crippen LogP contribution is 2.40. The molecule has 0 radical (unpaired) electrons. The molecule has 9 heteroatoms. The zero-order valence-corrected chi connectivity index (χ0v) is 18.6. The molecule has 0 bridgehead atoms. The predicted molar refractivity (Wildman–Crippen MR) is 119 cm³/mol. The predicted octanol–water partition coefficient (Wildman–Crippen LogP) is 4.22. The number of piperidine rings is 1. The number of carbonyl (C=O) groups excluding carboxylic acids is 1. The van der Waals surface area contributed by atoms with Gasteiger partial charge in [-0.2, -0.15) is 4.31 Å². The van der Waals surface area contributed by atoms with Crippen molar-refractivity contribution in [3.8, 4) is 5.75 Å². The summed E-state index contributed by atoms with van der Waals surface area (Å²) >= 11 is 1.29. The molecule has 2 aliphatic heterocycles. The van der Waals surface area contributed by atoms with Crippen molar-refractivity contribution in [2.75, 3.05) is 25.1 Å². The largest absolute Gasteiger partial charge is 0.495 e. The lowest BCUT2D eigenvalue weighted by molar-refractivity contribution is 0.135. The van der Waals surface area contributed by atoms with Gasteiger partial charge in [-0.05, 0) is 36.4 Å². The van der Waals surface area contributed by atoms with Crippen LogP contribution in [0.5, 0.6) is 5.75 Å². The number of para-hydroxylation sites is 1. The number of cyclic esters (lactones) is 1. The Kier molecular flexibility index (Phi) is 5.11. The fraction of sp³-hybridized carbons (Fsp3) is 0.318. The van der Waals surface area contributed by atoms with Crippen LogP contribution in [-0.2, 0) is 21.4 Å². The van der Waals surface area contributed by atoms with Crippen molar-refractivity contribution in [2.24, 2.45) is 0 Å². The van der Waals surface area contributed by atoms with E-state index in [1.807, 2.05) is 42.5 Å². The van der Waals surface area contributed by atoms with E-state index in [2.05, 4.69) is 0 Å². The first-order chi connectivity index (χ1) is 15.0. The molecular formula is C22H22N2O5S2. The number of sulfonamides is 1. The second kappa shape index (κ2) is 7.81. The number of fused-ring (bicyclic) bond motifs is 2. The molecule has 3 aromatic rings. The number of hydrogen-bond acceptors (Lipinski definition) is 6. The summed E-state index contributed by atoms with van der Waals surface area (Å²) in [7, 11) is -2.00. The molecule has 1 saturated heterocycles. The van der Waals surface area contributed by atoms with E-state index in [0.717, 1.165) is 21.3 Å². The minimum atomic E-state index is -3.57. The molecule has 1 amide bonds. The van der Waals surface area contributed by atoms with Crippen LogP contribution in [0.2, 0.25) is 0 Å². The summed E-state index contributed by atoms with van der Waals surface area (Å²) in [5.41, 5.74) is 1.62. The third kappa shape index (κ3) is 3.46. The number of carbonyl (C=O) groups is 1. The molecule has 1 fully saturated rings. The number of nitrogens with zero attached hydrogens (tertiary/aromatic N) is 2. The van der Waals surface area contributed by atoms with Crippen molar-refractivity contribution in [1.29, 1.82) is 0 Å². The summed E-state index contributed by atoms with van der Waals surface area (Å²) in [6.07, 6.45) is 0.635. The van der Waals surface area contributed by atoms with Gasteiger partial charge < -0.3 is 9.47 Å². The van der Waals surface area contributed by atoms with Gasteiger partial charge in [-0.25, -0.2) is 13.2 Å². The second-order valence-corrected chi connectivity index (χ2v) is 10.9. The molecule has 0 aliphatic carbocycles. The van der Waals surface area contributed by atoms with Gasteiger partial charge in [0.25, 0.3) is 10.0 Å². The van der Waals surface area contributed by atoms with Crippen molar-refractivity contribution in [3.63, 3.8) is 0 Å². The molecule has 0 unspecified atom stereocenters. The minimum Gasteiger partial charge on any atom is -0.495 e. The third-order valence-electron chi connectivity index (χ3n) is 5.88. The number of anilines is 1. The van der Waals surface area contributed by atoms with E-state index in [0.29, 0.717) is 35.9 Å². The SMILES string of the molecule is COc1cccc2c1N(C1CCN(S(=O)(=O)c3cc4ccccc4s3)CC1)C(=O)OC2. The van der Waals surface area contributed by atoms with Gasteiger partial charge in [0, 0.05) is 29.4 Å². The van der Waals surface area contributed by atoms with Crippen molar-refractivity contribution in [3.05, 3.63) is 54.1 Å². The average molecular weight is 459 g/mol. The molecule has 3 heterocycles. The summed E-state index contributed by atoms with van der Waals surface area (Å²) in [4.78, 5) is 14.3. The molecule has 0 N–H and O–H groups in total. The summed E-state index contributed by atoms with van der Waals surface area (Å²) in [6, 6.07) is 14.9. The van der Waals surface area contributed by atoms with Gasteiger partial charge in [0.2, 0.25) is 0 Å². The zero-order chi connectivity index (χ0) is 21.6. The van der Waals surface area contributed by atoms with Crippen molar-refractivity contribution < 1.29 is 22.7 Å². The second-order valence-electron chi connectivity index (χ2n) is 7.63. The molecule has 0 saturated carbocycles. The summed E-state index contributed by atoms with van der Waals surface area (Å²) < 4.78 is 40.1. The monoisotopic (exact) mass is 458 g/mol. The standard InChI is InChI=1S/C22H22N2O5S2/c1-28-18-7-4-6-16-14-29-22(25)24(21(16)18)17-9-11-23(12-10-17)31(26,27)20-13-15-5-2-3-8-19(15)30-20/h2-8,13,17H,9-12,14H2,1H3. The van der Waals surface area contributed by atoms with Crippen LogP contribution in [-0.4, -0.2) is 45.1 Å². The third-order valence-corrected chi connectivity index (χ3v) is 9.34. The van der Waals surface area contributed by atoms with Gasteiger partial charge in [-0.1, -0.05) is 30.3 Å². The van der Waals surface area contributed by atoms with Crippen molar-refractivity contribution in [1.82, 2.24) is 4.31 Å². The Morgan fingerprint density at radius 1 is 1.10 bits per heavy atom. The Morgan fingerprint density at radius 3 is 2.61 bits per heavy atom. The lowest BCUT2D eigenvalue weighted by Gasteiger charge is -2.40. The van der Waals surface area contributed by atoms with Crippen LogP contribution in [0.25, 0.3) is 10.1 Å². The van der Waals surface area contributed by atoms with E-state index in [1.54, 1.807) is 18.1 Å². The maximum atomic E-state index is 13.2. The quantitative estimate of drug-likeness (QED) is 0.585. The smallest absolute Gasteiger partial charge is 0.415 e. The highest BCUT2D eigenvalue weighted by molar-refractivity contribution is 7.91. The number of benzene rings is 2. The van der Waals surface area contributed by atoms with E-state index >= 15 is 0 Å². The molecule has 2 aromatic carbocycles. The van der Waals surface area contributed by atoms with Gasteiger partial charge >= 0.3 is 6.09 Å². The zero-order valence-electron chi connectivity index (χ0n) is 17.0. The molecule has 1 aromatic heterocycles. The number of amides is 1. The van der Waals surface area contributed by atoms with Crippen LogP contribution in [0.4, 0.5) is 10.5 Å². The Labute approximate surface area is 184 Å². The highest BCUT2D eigenvalue weighted by atomic mass is 32.2. The fourth-order valence-electron chi connectivity index (χ4n) is 4.31. The van der Waals surface area contributed by atoms with E-state index < -0.39 is 16.1 Å². The summed E-state index contributed by atoms with van der Waals surface area (Å²) in [5, 5.41) is 0.931. The maximum absolute atomic E-state index is 13.2. The molecular weight excluding hydrogens is 436 g/mol. The molecule has 7 nitrogen and oxygen atoms in total. The number of methoxy groups -OCH3 is 1. The highest BCUT2D eigenvalue weighted by Gasteiger charge is 2.38. The van der Waals surface area contributed by atoms with Crippen LogP contribution in [0.15, 0.2) is 52.7 Å². The number of ether oxygens (including phenoxy) is 2. The Hall–Kier alpha value is -2.62. The van der Waals surface area contributed by atoms with Gasteiger partial charge in [-0.3, -0.25) is 4.90 Å². The topological polar surface area (TPSA) is 76.2 Å². The molecule has 31 heavy (non-hydrogen) atoms. The normalized spacial score (nSPS) is 18.1. The molecule has 5 rings (SSSR count). The van der Waals surface area contributed by atoms with Crippen LogP contribution < -0.4 is 9.64 Å². The van der Waals surface area contributed by atoms with Gasteiger partial charge in [0.05, 0.1) is 12.8 Å². The first kappa shape index (κ1) is 20.3.